The van der Waals surface area contributed by atoms with E-state index in [1.807, 2.05) is 6.92 Å². The van der Waals surface area contributed by atoms with Gasteiger partial charge in [-0.05, 0) is 32.9 Å². The highest BCUT2D eigenvalue weighted by atomic mass is 35.5. The van der Waals surface area contributed by atoms with Crippen LogP contribution in [0.2, 0.25) is 0 Å². The minimum atomic E-state index is -2.19. The fourth-order valence-corrected chi connectivity index (χ4v) is 4.91. The molecule has 8 nitrogen and oxygen atoms in total. The van der Waals surface area contributed by atoms with Gasteiger partial charge in [0, 0.05) is 28.9 Å². The highest BCUT2D eigenvalue weighted by Gasteiger charge is 2.71. The molecule has 2 heterocycles. The van der Waals surface area contributed by atoms with Gasteiger partial charge in [-0.3, -0.25) is 9.59 Å². The highest BCUT2D eigenvalue weighted by Crippen LogP contribution is 2.58. The number of allylic oxidation sites excluding steroid dienone is 3. The molecule has 1 fully saturated rings. The number of carbonyl (C=O) groups excluding carboxylic acids is 2. The Labute approximate surface area is 198 Å². The molecule has 0 saturated carbocycles. The Kier molecular flexibility index (Phi) is 6.99. The Bertz CT molecular complexity index is 962. The molecule has 9 heteroatoms. The van der Waals surface area contributed by atoms with Crippen molar-refractivity contribution < 1.29 is 39.1 Å². The second-order valence-corrected chi connectivity index (χ2v) is 9.60. The van der Waals surface area contributed by atoms with Crippen LogP contribution < -0.4 is 0 Å². The third-order valence-corrected chi connectivity index (χ3v) is 7.42. The summed E-state index contributed by atoms with van der Waals surface area (Å²) in [6.45, 7) is 7.97. The van der Waals surface area contributed by atoms with Crippen LogP contribution in [0.5, 0.6) is 0 Å². The summed E-state index contributed by atoms with van der Waals surface area (Å²) in [5, 5.41) is 31.3. The standard InChI is InChI=1S/C24H31ClO8/c1-11(13(3)26)7-8-15-9-16-17(10-32-15)18-19(22(29)31-6)24(30,12(2)14(4)27)33-23(18,5)21(28)20(16)25/h7-14,18-19,26-27,30H,1-6H3. The van der Waals surface area contributed by atoms with Gasteiger partial charge in [0.05, 0.1) is 30.6 Å². The first-order chi connectivity index (χ1) is 15.3. The third kappa shape index (κ3) is 4.08. The highest BCUT2D eigenvalue weighted by molar-refractivity contribution is 6.45. The number of hydrogen-bond acceptors (Lipinski definition) is 8. The number of carbonyl (C=O) groups is 2. The largest absolute Gasteiger partial charge is 0.469 e. The monoisotopic (exact) mass is 482 g/mol. The molecule has 33 heavy (non-hydrogen) atoms. The molecule has 2 aliphatic heterocycles. The molecule has 0 bridgehead atoms. The van der Waals surface area contributed by atoms with Crippen molar-refractivity contribution >= 4 is 23.4 Å². The number of ketones is 1. The Hall–Kier alpha value is -1.97. The van der Waals surface area contributed by atoms with Crippen LogP contribution in [0.4, 0.5) is 0 Å². The Morgan fingerprint density at radius 1 is 1.24 bits per heavy atom. The van der Waals surface area contributed by atoms with E-state index >= 15 is 0 Å². The minimum absolute atomic E-state index is 0.115. The molecule has 182 valence electrons. The number of fused-ring (bicyclic) bond motifs is 3. The van der Waals surface area contributed by atoms with E-state index in [4.69, 9.17) is 25.8 Å². The summed E-state index contributed by atoms with van der Waals surface area (Å²) in [6, 6.07) is 0. The van der Waals surface area contributed by atoms with Crippen molar-refractivity contribution in [1.29, 1.82) is 0 Å². The Balaban J connectivity index is 2.11. The summed E-state index contributed by atoms with van der Waals surface area (Å²) in [5.41, 5.74) is -0.924. The lowest BCUT2D eigenvalue weighted by molar-refractivity contribution is -0.268. The van der Waals surface area contributed by atoms with Crippen LogP contribution in [0, 0.1) is 23.7 Å². The summed E-state index contributed by atoms with van der Waals surface area (Å²) >= 11 is 6.47. The van der Waals surface area contributed by atoms with Gasteiger partial charge in [-0.1, -0.05) is 31.5 Å². The van der Waals surface area contributed by atoms with Crippen molar-refractivity contribution in [2.45, 2.75) is 58.2 Å². The van der Waals surface area contributed by atoms with Gasteiger partial charge >= 0.3 is 5.97 Å². The molecular weight excluding hydrogens is 452 g/mol. The second-order valence-electron chi connectivity index (χ2n) is 9.22. The number of Topliss-reactive ketones (excluding diaryl/α,β-unsaturated/α-hetero) is 1. The zero-order valence-electron chi connectivity index (χ0n) is 19.5. The molecule has 1 aliphatic carbocycles. The fraction of sp³-hybridized carbons (Fsp3) is 0.583. The predicted octanol–water partition coefficient (Wildman–Crippen LogP) is 2.33. The van der Waals surface area contributed by atoms with Crippen LogP contribution in [-0.4, -0.2) is 57.8 Å². The lowest BCUT2D eigenvalue weighted by atomic mass is 9.66. The molecule has 8 unspecified atom stereocenters. The number of esters is 1. The maximum atomic E-state index is 13.4. The van der Waals surface area contributed by atoms with Gasteiger partial charge in [0.25, 0.3) is 0 Å². The molecular formula is C24H31ClO8. The van der Waals surface area contributed by atoms with Crippen LogP contribution in [0.15, 0.2) is 46.4 Å². The summed E-state index contributed by atoms with van der Waals surface area (Å²) < 4.78 is 16.6. The minimum Gasteiger partial charge on any atom is -0.469 e. The van der Waals surface area contributed by atoms with E-state index < -0.39 is 53.1 Å². The van der Waals surface area contributed by atoms with E-state index in [2.05, 4.69) is 0 Å². The first-order valence-corrected chi connectivity index (χ1v) is 11.2. The van der Waals surface area contributed by atoms with Crippen LogP contribution >= 0.6 is 11.6 Å². The van der Waals surface area contributed by atoms with Gasteiger partial charge in [-0.25, -0.2) is 0 Å². The van der Waals surface area contributed by atoms with Crippen LogP contribution in [0.25, 0.3) is 0 Å². The van der Waals surface area contributed by atoms with Crippen LogP contribution in [0.1, 0.15) is 34.6 Å². The lowest BCUT2D eigenvalue weighted by Gasteiger charge is -2.37. The number of ether oxygens (including phenoxy) is 3. The zero-order chi connectivity index (χ0) is 24.9. The normalized spacial score (nSPS) is 35.2. The first kappa shape index (κ1) is 25.6. The topological polar surface area (TPSA) is 123 Å². The number of halogens is 1. The summed E-state index contributed by atoms with van der Waals surface area (Å²) in [7, 11) is 1.18. The summed E-state index contributed by atoms with van der Waals surface area (Å²) in [4.78, 5) is 26.3. The molecule has 1 saturated heterocycles. The van der Waals surface area contributed by atoms with E-state index in [-0.39, 0.29) is 11.0 Å². The molecule has 0 amide bonds. The summed E-state index contributed by atoms with van der Waals surface area (Å²) in [6.07, 6.45) is 4.78. The number of aliphatic hydroxyl groups is 3. The molecule has 3 aliphatic rings. The van der Waals surface area contributed by atoms with Gasteiger partial charge < -0.3 is 29.5 Å². The zero-order valence-corrected chi connectivity index (χ0v) is 20.3. The van der Waals surface area contributed by atoms with E-state index in [1.165, 1.54) is 34.1 Å². The quantitative estimate of drug-likeness (QED) is 0.493. The molecule has 0 spiro atoms. The maximum absolute atomic E-state index is 13.4. The van der Waals surface area contributed by atoms with Gasteiger partial charge in [0.1, 0.15) is 17.3 Å². The SMILES string of the molecule is COC(=O)C1C2C3=COC(C=CC(C)C(C)O)=CC3=C(Cl)C(=O)C2(C)OC1(O)C(C)C(C)O. The molecule has 0 aromatic heterocycles. The number of aliphatic hydroxyl groups excluding tert-OH is 2. The van der Waals surface area contributed by atoms with Crippen molar-refractivity contribution in [2.24, 2.45) is 23.7 Å². The van der Waals surface area contributed by atoms with E-state index in [1.54, 1.807) is 25.2 Å². The van der Waals surface area contributed by atoms with Crippen molar-refractivity contribution in [3.05, 3.63) is 46.4 Å². The van der Waals surface area contributed by atoms with Crippen molar-refractivity contribution in [3.8, 4) is 0 Å². The van der Waals surface area contributed by atoms with Crippen molar-refractivity contribution in [3.63, 3.8) is 0 Å². The van der Waals surface area contributed by atoms with Crippen molar-refractivity contribution in [1.82, 2.24) is 0 Å². The van der Waals surface area contributed by atoms with Crippen LogP contribution in [-0.2, 0) is 23.8 Å². The van der Waals surface area contributed by atoms with Gasteiger partial charge in [-0.2, -0.15) is 0 Å². The second kappa shape index (κ2) is 9.00. The Morgan fingerprint density at radius 3 is 2.42 bits per heavy atom. The molecule has 3 rings (SSSR count). The molecule has 0 aromatic rings. The summed E-state index contributed by atoms with van der Waals surface area (Å²) in [5.74, 6) is -6.55. The number of hydrogen-bond donors (Lipinski definition) is 3. The maximum Gasteiger partial charge on any atom is 0.314 e. The van der Waals surface area contributed by atoms with Gasteiger partial charge in [0.2, 0.25) is 5.78 Å². The molecule has 0 radical (unpaired) electrons. The van der Waals surface area contributed by atoms with E-state index in [9.17, 15) is 24.9 Å². The van der Waals surface area contributed by atoms with Gasteiger partial charge in [-0.15, -0.1) is 0 Å². The predicted molar refractivity (Wildman–Crippen MR) is 119 cm³/mol. The molecule has 3 N–H and O–H groups in total. The van der Waals surface area contributed by atoms with E-state index in [0.717, 1.165) is 0 Å². The first-order valence-electron chi connectivity index (χ1n) is 10.9. The fourth-order valence-electron chi connectivity index (χ4n) is 4.56. The Morgan fingerprint density at radius 2 is 1.88 bits per heavy atom. The van der Waals surface area contributed by atoms with Gasteiger partial charge in [0.15, 0.2) is 5.79 Å². The molecule has 0 aromatic carbocycles. The van der Waals surface area contributed by atoms with E-state index in [0.29, 0.717) is 16.9 Å². The average Bonchev–Trinajstić information content (AvgIpc) is 3.03. The lowest BCUT2D eigenvalue weighted by Crippen LogP contribution is -2.50. The van der Waals surface area contributed by atoms with Crippen LogP contribution in [0.3, 0.4) is 0 Å². The average molecular weight is 483 g/mol. The number of methoxy groups -OCH3 is 1. The third-order valence-electron chi connectivity index (χ3n) is 7.05. The number of rotatable bonds is 6. The van der Waals surface area contributed by atoms with Crippen molar-refractivity contribution in [2.75, 3.05) is 7.11 Å². The molecule has 8 atom stereocenters. The smallest absolute Gasteiger partial charge is 0.314 e.